The number of benzene rings is 2. The molecule has 0 atom stereocenters. The molecule has 0 heterocycles. The molecule has 4 N–H and O–H groups in total. The summed E-state index contributed by atoms with van der Waals surface area (Å²) in [5, 5.41) is 5.59. The Hall–Kier alpha value is -2.23. The highest BCUT2D eigenvalue weighted by Gasteiger charge is 2.11. The van der Waals surface area contributed by atoms with E-state index in [0.717, 1.165) is 16.3 Å². The van der Waals surface area contributed by atoms with Crippen molar-refractivity contribution in [3.63, 3.8) is 0 Å². The molecule has 0 radical (unpaired) electrons. The van der Waals surface area contributed by atoms with E-state index in [9.17, 15) is 0 Å². The molecule has 0 saturated carbocycles. The van der Waals surface area contributed by atoms with Crippen molar-refractivity contribution in [2.24, 2.45) is 16.7 Å². The van der Waals surface area contributed by atoms with Crippen molar-refractivity contribution in [1.82, 2.24) is 0 Å². The number of nitrogens with two attached hydrogens (primary N) is 2. The second-order valence-corrected chi connectivity index (χ2v) is 3.38. The monoisotopic (exact) mass is 215 g/mol. The van der Waals surface area contributed by atoms with E-state index in [2.05, 4.69) is 5.10 Å². The minimum Gasteiger partial charge on any atom is -0.496 e. The van der Waals surface area contributed by atoms with Crippen LogP contribution in [0, 0.1) is 0 Å². The highest BCUT2D eigenvalue weighted by Crippen LogP contribution is 2.27. The lowest BCUT2D eigenvalue weighted by atomic mass is 10.0. The van der Waals surface area contributed by atoms with Gasteiger partial charge in [-0.1, -0.05) is 30.3 Å². The third-order valence-electron chi connectivity index (χ3n) is 2.51. The van der Waals surface area contributed by atoms with Crippen LogP contribution in [0.4, 0.5) is 0 Å². The molecular formula is C12H13N3O. The molecule has 0 spiro atoms. The Morgan fingerprint density at radius 3 is 2.62 bits per heavy atom. The van der Waals surface area contributed by atoms with Crippen molar-refractivity contribution in [1.29, 1.82) is 0 Å². The van der Waals surface area contributed by atoms with Gasteiger partial charge in [0.05, 0.1) is 12.7 Å². The maximum atomic E-state index is 5.78. The van der Waals surface area contributed by atoms with Crippen LogP contribution in [0.2, 0.25) is 0 Å². The molecular weight excluding hydrogens is 202 g/mol. The summed E-state index contributed by atoms with van der Waals surface area (Å²) in [4.78, 5) is 0. The van der Waals surface area contributed by atoms with Gasteiger partial charge in [0.1, 0.15) is 5.75 Å². The molecule has 82 valence electrons. The molecule has 0 aliphatic rings. The first-order valence-electron chi connectivity index (χ1n) is 4.87. The Bertz CT molecular complexity index is 549. The number of ether oxygens (including phenoxy) is 1. The molecule has 0 bridgehead atoms. The standard InChI is InChI=1S/C12H13N3O/c1-16-10-7-6-8-4-2-3-5-9(8)11(10)12(13)15-14/h2-7H,14H2,1H3,(H2,13,15). The van der Waals surface area contributed by atoms with Gasteiger partial charge in [0.2, 0.25) is 0 Å². The Kier molecular flexibility index (Phi) is 2.64. The summed E-state index contributed by atoms with van der Waals surface area (Å²) in [7, 11) is 1.59. The first kappa shape index (κ1) is 10.3. The molecule has 0 aromatic heterocycles. The van der Waals surface area contributed by atoms with E-state index in [-0.39, 0.29) is 5.84 Å². The van der Waals surface area contributed by atoms with Crippen LogP contribution in [0.15, 0.2) is 41.5 Å². The summed E-state index contributed by atoms with van der Waals surface area (Å²) in [5.41, 5.74) is 6.52. The zero-order chi connectivity index (χ0) is 11.5. The molecule has 0 amide bonds. The number of methoxy groups -OCH3 is 1. The first-order valence-corrected chi connectivity index (χ1v) is 4.87. The number of rotatable bonds is 2. The van der Waals surface area contributed by atoms with Gasteiger partial charge in [-0.05, 0) is 16.8 Å². The fraction of sp³-hybridized carbons (Fsp3) is 0.0833. The lowest BCUT2D eigenvalue weighted by Gasteiger charge is -2.10. The average molecular weight is 215 g/mol. The van der Waals surface area contributed by atoms with Crippen LogP contribution >= 0.6 is 0 Å². The van der Waals surface area contributed by atoms with Gasteiger partial charge in [0.15, 0.2) is 5.84 Å². The molecule has 16 heavy (non-hydrogen) atoms. The van der Waals surface area contributed by atoms with Crippen LogP contribution in [0.1, 0.15) is 5.56 Å². The zero-order valence-corrected chi connectivity index (χ0v) is 8.97. The number of hydrogen-bond donors (Lipinski definition) is 2. The Morgan fingerprint density at radius 1 is 1.19 bits per heavy atom. The Labute approximate surface area is 93.5 Å². The maximum Gasteiger partial charge on any atom is 0.154 e. The molecule has 0 fully saturated rings. The SMILES string of the molecule is COc1ccc2ccccc2c1/C(N)=N/N. The second-order valence-electron chi connectivity index (χ2n) is 3.38. The van der Waals surface area contributed by atoms with Crippen LogP contribution in [0.25, 0.3) is 10.8 Å². The molecule has 4 nitrogen and oxygen atoms in total. The normalized spacial score (nSPS) is 11.7. The van der Waals surface area contributed by atoms with Gasteiger partial charge in [0, 0.05) is 0 Å². The van der Waals surface area contributed by atoms with Crippen LogP contribution < -0.4 is 16.3 Å². The second kappa shape index (κ2) is 4.10. The highest BCUT2D eigenvalue weighted by molar-refractivity contribution is 6.11. The van der Waals surface area contributed by atoms with Crippen LogP contribution in [-0.4, -0.2) is 12.9 Å². The quantitative estimate of drug-likeness (QED) is 0.344. The van der Waals surface area contributed by atoms with E-state index in [1.807, 2.05) is 36.4 Å². The van der Waals surface area contributed by atoms with E-state index in [1.165, 1.54) is 0 Å². The minimum atomic E-state index is 0.272. The van der Waals surface area contributed by atoms with Gasteiger partial charge >= 0.3 is 0 Å². The largest absolute Gasteiger partial charge is 0.496 e. The number of hydrogen-bond acceptors (Lipinski definition) is 3. The third kappa shape index (κ3) is 1.54. The number of amidine groups is 1. The molecule has 4 heteroatoms. The number of hydrazone groups is 1. The van der Waals surface area contributed by atoms with Gasteiger partial charge in [-0.15, -0.1) is 0 Å². The maximum absolute atomic E-state index is 5.78. The predicted octanol–water partition coefficient (Wildman–Crippen LogP) is 1.43. The zero-order valence-electron chi connectivity index (χ0n) is 8.97. The minimum absolute atomic E-state index is 0.272. The van der Waals surface area contributed by atoms with Crippen LogP contribution in [0.3, 0.4) is 0 Å². The average Bonchev–Trinajstić information content (AvgIpc) is 2.36. The summed E-state index contributed by atoms with van der Waals surface area (Å²) in [5.74, 6) is 6.17. The molecule has 2 aromatic carbocycles. The van der Waals surface area contributed by atoms with Gasteiger partial charge in [0.25, 0.3) is 0 Å². The van der Waals surface area contributed by atoms with Crippen molar-refractivity contribution in [3.8, 4) is 5.75 Å². The summed E-state index contributed by atoms with van der Waals surface area (Å²) >= 11 is 0. The Morgan fingerprint density at radius 2 is 1.94 bits per heavy atom. The van der Waals surface area contributed by atoms with Crippen molar-refractivity contribution >= 4 is 16.6 Å². The van der Waals surface area contributed by atoms with Crippen LogP contribution in [0.5, 0.6) is 5.75 Å². The van der Waals surface area contributed by atoms with E-state index < -0.39 is 0 Å². The fourth-order valence-corrected chi connectivity index (χ4v) is 1.75. The summed E-state index contributed by atoms with van der Waals surface area (Å²) in [6.07, 6.45) is 0. The van der Waals surface area contributed by atoms with Crippen LogP contribution in [-0.2, 0) is 0 Å². The first-order chi connectivity index (χ1) is 7.77. The molecule has 0 unspecified atom stereocenters. The topological polar surface area (TPSA) is 73.6 Å². The molecule has 0 aliphatic carbocycles. The molecule has 0 saturated heterocycles. The molecule has 2 rings (SSSR count). The van der Waals surface area contributed by atoms with E-state index in [4.69, 9.17) is 16.3 Å². The summed E-state index contributed by atoms with van der Waals surface area (Å²) in [6, 6.07) is 11.7. The molecule has 0 aliphatic heterocycles. The van der Waals surface area contributed by atoms with Crippen molar-refractivity contribution in [3.05, 3.63) is 42.0 Å². The lowest BCUT2D eigenvalue weighted by molar-refractivity contribution is 0.414. The van der Waals surface area contributed by atoms with E-state index >= 15 is 0 Å². The van der Waals surface area contributed by atoms with E-state index in [1.54, 1.807) is 7.11 Å². The third-order valence-corrected chi connectivity index (χ3v) is 2.51. The van der Waals surface area contributed by atoms with Crippen molar-refractivity contribution in [2.45, 2.75) is 0 Å². The predicted molar refractivity (Wildman–Crippen MR) is 65.4 cm³/mol. The van der Waals surface area contributed by atoms with E-state index in [0.29, 0.717) is 5.75 Å². The van der Waals surface area contributed by atoms with Crippen molar-refractivity contribution in [2.75, 3.05) is 7.11 Å². The van der Waals surface area contributed by atoms with Gasteiger partial charge in [-0.2, -0.15) is 5.10 Å². The smallest absolute Gasteiger partial charge is 0.154 e. The number of nitrogens with zero attached hydrogens (tertiary/aromatic N) is 1. The van der Waals surface area contributed by atoms with Gasteiger partial charge in [-0.3, -0.25) is 0 Å². The highest BCUT2D eigenvalue weighted by atomic mass is 16.5. The summed E-state index contributed by atoms with van der Waals surface area (Å²) in [6.45, 7) is 0. The number of fused-ring (bicyclic) bond motifs is 1. The molecule has 2 aromatic rings. The Balaban J connectivity index is 2.83. The summed E-state index contributed by atoms with van der Waals surface area (Å²) < 4.78 is 5.26. The van der Waals surface area contributed by atoms with Gasteiger partial charge in [-0.25, -0.2) is 0 Å². The lowest BCUT2D eigenvalue weighted by Crippen LogP contribution is -2.17. The van der Waals surface area contributed by atoms with Crippen molar-refractivity contribution < 1.29 is 4.74 Å². The fourth-order valence-electron chi connectivity index (χ4n) is 1.75. The van der Waals surface area contributed by atoms with Gasteiger partial charge < -0.3 is 16.3 Å².